The maximum atomic E-state index is 12.1. The number of hydrogen-bond acceptors (Lipinski definition) is 3. The molecule has 0 aromatic carbocycles. The number of aliphatic carboxylic acids is 1. The number of nitrogens with zero attached hydrogens (tertiary/aromatic N) is 2. The molecule has 0 radical (unpaired) electrons. The lowest BCUT2D eigenvalue weighted by molar-refractivity contribution is -0.154. The van der Waals surface area contributed by atoms with Crippen molar-refractivity contribution in [2.45, 2.75) is 26.3 Å². The van der Waals surface area contributed by atoms with Gasteiger partial charge >= 0.3 is 5.97 Å². The van der Waals surface area contributed by atoms with Gasteiger partial charge in [0.2, 0.25) is 5.91 Å². The van der Waals surface area contributed by atoms with Crippen molar-refractivity contribution in [1.29, 1.82) is 0 Å². The Morgan fingerprint density at radius 1 is 1.47 bits per heavy atom. The number of pyridine rings is 1. The summed E-state index contributed by atoms with van der Waals surface area (Å²) in [6.45, 7) is 5.10. The first-order valence-electron chi connectivity index (χ1n) is 6.02. The molecule has 1 rings (SSSR count). The van der Waals surface area contributed by atoms with Crippen molar-refractivity contribution in [2.75, 3.05) is 6.54 Å². The monoisotopic (exact) mass is 262 g/mol. The SMILES string of the molecule is CCN(C(=O)C=Cc1cccnc1)C(C)(C)C(=O)O. The second kappa shape index (κ2) is 6.13. The predicted molar refractivity (Wildman–Crippen MR) is 72.4 cm³/mol. The lowest BCUT2D eigenvalue weighted by Gasteiger charge is -2.33. The molecule has 0 atom stereocenters. The van der Waals surface area contributed by atoms with E-state index in [1.807, 2.05) is 6.07 Å². The number of carboxylic acids is 1. The molecule has 0 spiro atoms. The van der Waals surface area contributed by atoms with Gasteiger partial charge < -0.3 is 10.0 Å². The molecule has 5 nitrogen and oxygen atoms in total. The normalized spacial score (nSPS) is 11.5. The van der Waals surface area contributed by atoms with Crippen LogP contribution in [0.15, 0.2) is 30.6 Å². The molecule has 1 amide bonds. The number of rotatable bonds is 5. The van der Waals surface area contributed by atoms with E-state index in [9.17, 15) is 9.59 Å². The smallest absolute Gasteiger partial charge is 0.329 e. The van der Waals surface area contributed by atoms with Gasteiger partial charge in [-0.15, -0.1) is 0 Å². The van der Waals surface area contributed by atoms with Gasteiger partial charge in [-0.1, -0.05) is 6.07 Å². The Bertz CT molecular complexity index is 481. The summed E-state index contributed by atoms with van der Waals surface area (Å²) in [6.07, 6.45) is 6.26. The number of amides is 1. The Morgan fingerprint density at radius 2 is 2.16 bits per heavy atom. The van der Waals surface area contributed by atoms with Crippen LogP contribution in [-0.2, 0) is 9.59 Å². The van der Waals surface area contributed by atoms with Gasteiger partial charge in [-0.3, -0.25) is 9.78 Å². The van der Waals surface area contributed by atoms with Crippen LogP contribution >= 0.6 is 0 Å². The van der Waals surface area contributed by atoms with Crippen LogP contribution in [-0.4, -0.2) is 39.0 Å². The van der Waals surface area contributed by atoms with Crippen molar-refractivity contribution in [3.05, 3.63) is 36.2 Å². The summed E-state index contributed by atoms with van der Waals surface area (Å²) < 4.78 is 0. The molecule has 0 unspecified atom stereocenters. The van der Waals surface area contributed by atoms with Gasteiger partial charge in [-0.25, -0.2) is 4.79 Å². The molecule has 0 saturated carbocycles. The van der Waals surface area contributed by atoms with Crippen LogP contribution in [0.25, 0.3) is 6.08 Å². The molecule has 102 valence electrons. The maximum Gasteiger partial charge on any atom is 0.329 e. The van der Waals surface area contributed by atoms with Crippen LogP contribution < -0.4 is 0 Å². The summed E-state index contributed by atoms with van der Waals surface area (Å²) in [5.41, 5.74) is -0.439. The molecule has 19 heavy (non-hydrogen) atoms. The topological polar surface area (TPSA) is 70.5 Å². The Kier molecular flexibility index (Phi) is 4.80. The van der Waals surface area contributed by atoms with Gasteiger partial charge in [0.1, 0.15) is 5.54 Å². The van der Waals surface area contributed by atoms with E-state index >= 15 is 0 Å². The average molecular weight is 262 g/mol. The van der Waals surface area contributed by atoms with Gasteiger partial charge in [0.15, 0.2) is 0 Å². The van der Waals surface area contributed by atoms with E-state index in [0.29, 0.717) is 6.54 Å². The summed E-state index contributed by atoms with van der Waals surface area (Å²) in [4.78, 5) is 28.5. The molecule has 0 bridgehead atoms. The van der Waals surface area contributed by atoms with Crippen LogP contribution in [0.1, 0.15) is 26.3 Å². The van der Waals surface area contributed by atoms with E-state index in [0.717, 1.165) is 5.56 Å². The number of likely N-dealkylation sites (N-methyl/N-ethyl adjacent to an activating group) is 1. The van der Waals surface area contributed by atoms with Gasteiger partial charge in [-0.05, 0) is 38.5 Å². The maximum absolute atomic E-state index is 12.1. The molecule has 5 heteroatoms. The number of carbonyl (C=O) groups is 2. The third-order valence-electron chi connectivity index (χ3n) is 2.88. The minimum atomic E-state index is -1.23. The van der Waals surface area contributed by atoms with E-state index in [1.54, 1.807) is 31.5 Å². The summed E-state index contributed by atoms with van der Waals surface area (Å²) in [6, 6.07) is 3.58. The lowest BCUT2D eigenvalue weighted by atomic mass is 10.0. The number of carboxylic acid groups (broad SMARTS) is 1. The number of carbonyl (C=O) groups excluding carboxylic acids is 1. The lowest BCUT2D eigenvalue weighted by Crippen LogP contribution is -2.52. The van der Waals surface area contributed by atoms with E-state index in [1.165, 1.54) is 24.8 Å². The summed E-state index contributed by atoms with van der Waals surface area (Å²) in [7, 11) is 0. The predicted octanol–water partition coefficient (Wildman–Crippen LogP) is 1.81. The first-order chi connectivity index (χ1) is 8.89. The van der Waals surface area contributed by atoms with Crippen LogP contribution in [0.2, 0.25) is 0 Å². The van der Waals surface area contributed by atoms with E-state index in [-0.39, 0.29) is 5.91 Å². The minimum absolute atomic E-state index is 0.329. The molecule has 1 heterocycles. The minimum Gasteiger partial charge on any atom is -0.480 e. The van der Waals surface area contributed by atoms with Crippen LogP contribution in [0.5, 0.6) is 0 Å². The second-order valence-corrected chi connectivity index (χ2v) is 4.57. The quantitative estimate of drug-likeness (QED) is 0.821. The fourth-order valence-corrected chi connectivity index (χ4v) is 1.67. The molecular weight excluding hydrogens is 244 g/mol. The fraction of sp³-hybridized carbons (Fsp3) is 0.357. The summed E-state index contributed by atoms with van der Waals surface area (Å²) in [5, 5.41) is 9.15. The van der Waals surface area contributed by atoms with Gasteiger partial charge in [0.05, 0.1) is 0 Å². The zero-order valence-corrected chi connectivity index (χ0v) is 11.3. The Hall–Kier alpha value is -2.17. The standard InChI is InChI=1S/C14H18N2O3/c1-4-16(14(2,3)13(18)19)12(17)8-7-11-6-5-9-15-10-11/h5-10H,4H2,1-3H3,(H,18,19). The first-order valence-corrected chi connectivity index (χ1v) is 6.02. The fourth-order valence-electron chi connectivity index (χ4n) is 1.67. The van der Waals surface area contributed by atoms with Crippen molar-refractivity contribution < 1.29 is 14.7 Å². The third-order valence-corrected chi connectivity index (χ3v) is 2.88. The molecule has 0 fully saturated rings. The first kappa shape index (κ1) is 14.9. The molecule has 1 aromatic heterocycles. The third kappa shape index (κ3) is 3.64. The van der Waals surface area contributed by atoms with Gasteiger partial charge in [0, 0.05) is 25.0 Å². The van der Waals surface area contributed by atoms with Crippen molar-refractivity contribution in [3.63, 3.8) is 0 Å². The highest BCUT2D eigenvalue weighted by Gasteiger charge is 2.35. The van der Waals surface area contributed by atoms with Crippen molar-refractivity contribution in [1.82, 2.24) is 9.88 Å². The van der Waals surface area contributed by atoms with Crippen molar-refractivity contribution in [2.24, 2.45) is 0 Å². The highest BCUT2D eigenvalue weighted by Crippen LogP contribution is 2.15. The molecule has 0 saturated heterocycles. The zero-order chi connectivity index (χ0) is 14.5. The molecule has 0 aliphatic rings. The Balaban J connectivity index is 2.87. The summed E-state index contributed by atoms with van der Waals surface area (Å²) in [5.74, 6) is -1.36. The van der Waals surface area contributed by atoms with Crippen molar-refractivity contribution >= 4 is 18.0 Å². The second-order valence-electron chi connectivity index (χ2n) is 4.57. The van der Waals surface area contributed by atoms with Crippen molar-refractivity contribution in [3.8, 4) is 0 Å². The Morgan fingerprint density at radius 3 is 2.63 bits per heavy atom. The van der Waals surface area contributed by atoms with E-state index in [2.05, 4.69) is 4.98 Å². The van der Waals surface area contributed by atoms with Crippen LogP contribution in [0.4, 0.5) is 0 Å². The molecule has 1 aromatic rings. The largest absolute Gasteiger partial charge is 0.480 e. The average Bonchev–Trinajstić information content (AvgIpc) is 2.38. The zero-order valence-electron chi connectivity index (χ0n) is 11.3. The number of aromatic nitrogens is 1. The van der Waals surface area contributed by atoms with Crippen LogP contribution in [0.3, 0.4) is 0 Å². The van der Waals surface area contributed by atoms with Gasteiger partial charge in [0.25, 0.3) is 0 Å². The molecule has 1 N–H and O–H groups in total. The Labute approximate surface area is 112 Å². The molecular formula is C14H18N2O3. The molecule has 0 aliphatic carbocycles. The number of hydrogen-bond donors (Lipinski definition) is 1. The highest BCUT2D eigenvalue weighted by molar-refractivity contribution is 5.95. The van der Waals surface area contributed by atoms with E-state index < -0.39 is 11.5 Å². The summed E-state index contributed by atoms with van der Waals surface area (Å²) >= 11 is 0. The van der Waals surface area contributed by atoms with E-state index in [4.69, 9.17) is 5.11 Å². The highest BCUT2D eigenvalue weighted by atomic mass is 16.4. The van der Waals surface area contributed by atoms with Gasteiger partial charge in [-0.2, -0.15) is 0 Å². The van der Waals surface area contributed by atoms with Crippen LogP contribution in [0, 0.1) is 0 Å². The molecule has 0 aliphatic heterocycles.